The molecule has 1 heterocycles. The van der Waals surface area contributed by atoms with E-state index in [0.717, 1.165) is 37.1 Å². The number of nitrogens with zero attached hydrogens (tertiary/aromatic N) is 1. The first kappa shape index (κ1) is 19.5. The molecule has 1 aliphatic rings. The predicted molar refractivity (Wildman–Crippen MR) is 104 cm³/mol. The molecule has 0 aliphatic carbocycles. The monoisotopic (exact) mass is 362 g/mol. The van der Waals surface area contributed by atoms with E-state index in [1.165, 1.54) is 5.39 Å². The minimum absolute atomic E-state index is 0. The summed E-state index contributed by atoms with van der Waals surface area (Å²) in [6.45, 7) is 4.97. The molecule has 0 radical (unpaired) electrons. The Bertz CT molecular complexity index is 716. The summed E-state index contributed by atoms with van der Waals surface area (Å²) in [6.07, 6.45) is 2.27. The van der Waals surface area contributed by atoms with E-state index in [4.69, 9.17) is 10.5 Å². The number of likely N-dealkylation sites (tertiary alicyclic amines) is 1. The minimum atomic E-state index is 0. The van der Waals surface area contributed by atoms with E-state index in [1.54, 1.807) is 0 Å². The van der Waals surface area contributed by atoms with E-state index < -0.39 is 0 Å². The van der Waals surface area contributed by atoms with Crippen molar-refractivity contribution in [2.24, 2.45) is 11.1 Å². The molecule has 136 valence electrons. The van der Waals surface area contributed by atoms with E-state index in [9.17, 15) is 4.79 Å². The Morgan fingerprint density at radius 3 is 2.76 bits per heavy atom. The Balaban J connectivity index is 0.00000225. The largest absolute Gasteiger partial charge is 0.493 e. The summed E-state index contributed by atoms with van der Waals surface area (Å²) in [5.74, 6) is 1.10. The number of hydrogen-bond donors (Lipinski definition) is 1. The molecule has 1 aliphatic heterocycles. The van der Waals surface area contributed by atoms with Gasteiger partial charge in [-0.25, -0.2) is 0 Å². The summed E-state index contributed by atoms with van der Waals surface area (Å²) < 4.78 is 5.90. The van der Waals surface area contributed by atoms with Crippen molar-refractivity contribution in [1.29, 1.82) is 0 Å². The quantitative estimate of drug-likeness (QED) is 0.798. The van der Waals surface area contributed by atoms with Crippen molar-refractivity contribution in [1.82, 2.24) is 4.90 Å². The fourth-order valence-electron chi connectivity index (χ4n) is 3.29. The Morgan fingerprint density at radius 1 is 1.24 bits per heavy atom. The zero-order chi connectivity index (χ0) is 17.0. The fourth-order valence-corrected chi connectivity index (χ4v) is 3.29. The van der Waals surface area contributed by atoms with Crippen LogP contribution in [0, 0.1) is 5.41 Å². The van der Waals surface area contributed by atoms with Gasteiger partial charge in [0.05, 0.1) is 6.61 Å². The van der Waals surface area contributed by atoms with E-state index >= 15 is 0 Å². The summed E-state index contributed by atoms with van der Waals surface area (Å²) in [7, 11) is 0. The number of carbonyl (C=O) groups is 1. The van der Waals surface area contributed by atoms with Crippen molar-refractivity contribution in [3.63, 3.8) is 0 Å². The van der Waals surface area contributed by atoms with Gasteiger partial charge in [-0.05, 0) is 36.3 Å². The molecule has 1 saturated heterocycles. The number of amides is 1. The first-order chi connectivity index (χ1) is 11.6. The molecule has 0 spiro atoms. The highest BCUT2D eigenvalue weighted by Crippen LogP contribution is 2.29. The second-order valence-corrected chi connectivity index (χ2v) is 7.01. The van der Waals surface area contributed by atoms with E-state index in [1.807, 2.05) is 29.2 Å². The molecule has 1 atom stereocenters. The maximum Gasteiger partial charge on any atom is 0.222 e. The second kappa shape index (κ2) is 8.54. The second-order valence-electron chi connectivity index (χ2n) is 7.01. The molecule has 2 aromatic rings. The van der Waals surface area contributed by atoms with E-state index in [0.29, 0.717) is 19.6 Å². The standard InChI is InChI=1S/C20H26N2O2.ClH/c1-20(14-21)11-12-22(15-20)19(23)10-5-13-24-18-9-4-7-16-6-2-3-8-17(16)18;/h2-4,6-9H,5,10-15,21H2,1H3;1H. The first-order valence-electron chi connectivity index (χ1n) is 8.70. The van der Waals surface area contributed by atoms with Crippen LogP contribution in [0.15, 0.2) is 42.5 Å². The maximum atomic E-state index is 12.3. The normalized spacial score (nSPS) is 19.7. The van der Waals surface area contributed by atoms with Gasteiger partial charge in [-0.1, -0.05) is 43.3 Å². The number of hydrogen-bond acceptors (Lipinski definition) is 3. The van der Waals surface area contributed by atoms with Gasteiger partial charge >= 0.3 is 0 Å². The zero-order valence-corrected chi connectivity index (χ0v) is 15.6. The van der Waals surface area contributed by atoms with Crippen molar-refractivity contribution in [3.05, 3.63) is 42.5 Å². The van der Waals surface area contributed by atoms with E-state index in [-0.39, 0.29) is 23.7 Å². The van der Waals surface area contributed by atoms with Crippen LogP contribution in [-0.4, -0.2) is 37.0 Å². The summed E-state index contributed by atoms with van der Waals surface area (Å²) in [4.78, 5) is 14.3. The lowest BCUT2D eigenvalue weighted by molar-refractivity contribution is -0.130. The number of nitrogens with two attached hydrogens (primary N) is 1. The lowest BCUT2D eigenvalue weighted by Gasteiger charge is -2.22. The Hall–Kier alpha value is -1.78. The highest BCUT2D eigenvalue weighted by Gasteiger charge is 2.34. The Labute approximate surface area is 155 Å². The third-order valence-corrected chi connectivity index (χ3v) is 4.95. The average Bonchev–Trinajstić information content (AvgIpc) is 3.02. The molecular weight excluding hydrogens is 336 g/mol. The predicted octanol–water partition coefficient (Wildman–Crippen LogP) is 3.62. The van der Waals surface area contributed by atoms with Crippen LogP contribution >= 0.6 is 12.4 Å². The van der Waals surface area contributed by atoms with Crippen LogP contribution < -0.4 is 10.5 Å². The van der Waals surface area contributed by atoms with Crippen LogP contribution in [0.4, 0.5) is 0 Å². The first-order valence-corrected chi connectivity index (χ1v) is 8.70. The van der Waals surface area contributed by atoms with Gasteiger partial charge in [0.15, 0.2) is 0 Å². The lowest BCUT2D eigenvalue weighted by atomic mass is 9.90. The number of ether oxygens (including phenoxy) is 1. The van der Waals surface area contributed by atoms with Gasteiger partial charge in [-0.3, -0.25) is 4.79 Å². The molecule has 25 heavy (non-hydrogen) atoms. The molecule has 1 amide bonds. The smallest absolute Gasteiger partial charge is 0.222 e. The number of carbonyl (C=O) groups excluding carboxylic acids is 1. The average molecular weight is 363 g/mol. The third kappa shape index (κ3) is 4.65. The van der Waals surface area contributed by atoms with Crippen LogP contribution in [-0.2, 0) is 4.79 Å². The fraction of sp³-hybridized carbons (Fsp3) is 0.450. The van der Waals surface area contributed by atoms with Gasteiger partial charge in [0, 0.05) is 24.9 Å². The van der Waals surface area contributed by atoms with Crippen molar-refractivity contribution >= 4 is 29.1 Å². The zero-order valence-electron chi connectivity index (χ0n) is 14.7. The minimum Gasteiger partial charge on any atom is -0.493 e. The molecule has 4 nitrogen and oxygen atoms in total. The molecule has 0 saturated carbocycles. The van der Waals surface area contributed by atoms with Crippen molar-refractivity contribution < 1.29 is 9.53 Å². The van der Waals surface area contributed by atoms with Gasteiger partial charge in [0.25, 0.3) is 0 Å². The molecule has 5 heteroatoms. The highest BCUT2D eigenvalue weighted by atomic mass is 35.5. The van der Waals surface area contributed by atoms with Gasteiger partial charge in [0.1, 0.15) is 5.75 Å². The molecule has 1 unspecified atom stereocenters. The van der Waals surface area contributed by atoms with Crippen molar-refractivity contribution in [2.45, 2.75) is 26.2 Å². The van der Waals surface area contributed by atoms with Crippen molar-refractivity contribution in [2.75, 3.05) is 26.2 Å². The van der Waals surface area contributed by atoms with Crippen LogP contribution in [0.25, 0.3) is 10.8 Å². The number of benzene rings is 2. The van der Waals surface area contributed by atoms with Gasteiger partial charge in [-0.15, -0.1) is 12.4 Å². The molecule has 3 rings (SSSR count). The van der Waals surface area contributed by atoms with Crippen LogP contribution in [0.1, 0.15) is 26.2 Å². The topological polar surface area (TPSA) is 55.6 Å². The van der Waals surface area contributed by atoms with Crippen molar-refractivity contribution in [3.8, 4) is 5.75 Å². The third-order valence-electron chi connectivity index (χ3n) is 4.95. The highest BCUT2D eigenvalue weighted by molar-refractivity contribution is 5.88. The van der Waals surface area contributed by atoms with Gasteiger partial charge in [0.2, 0.25) is 5.91 Å². The van der Waals surface area contributed by atoms with Crippen LogP contribution in [0.3, 0.4) is 0 Å². The summed E-state index contributed by atoms with van der Waals surface area (Å²) >= 11 is 0. The molecular formula is C20H27ClN2O2. The molecule has 1 fully saturated rings. The molecule has 0 aromatic heterocycles. The number of rotatable bonds is 6. The Kier molecular flexibility index (Phi) is 6.68. The lowest BCUT2D eigenvalue weighted by Crippen LogP contribution is -2.34. The summed E-state index contributed by atoms with van der Waals surface area (Å²) in [6, 6.07) is 14.2. The molecule has 2 N–H and O–H groups in total. The summed E-state index contributed by atoms with van der Waals surface area (Å²) in [5, 5.41) is 2.29. The SMILES string of the molecule is CC1(CN)CCN(C(=O)CCCOc2cccc3ccccc23)C1.Cl. The van der Waals surface area contributed by atoms with Crippen LogP contribution in [0.5, 0.6) is 5.75 Å². The summed E-state index contributed by atoms with van der Waals surface area (Å²) in [5.41, 5.74) is 5.90. The molecule has 0 bridgehead atoms. The van der Waals surface area contributed by atoms with Gasteiger partial charge in [-0.2, -0.15) is 0 Å². The number of halogens is 1. The van der Waals surface area contributed by atoms with Crippen LogP contribution in [0.2, 0.25) is 0 Å². The maximum absolute atomic E-state index is 12.3. The van der Waals surface area contributed by atoms with Gasteiger partial charge < -0.3 is 15.4 Å². The Morgan fingerprint density at radius 2 is 2.00 bits per heavy atom. The molecule has 2 aromatic carbocycles. The van der Waals surface area contributed by atoms with E-state index in [2.05, 4.69) is 25.1 Å². The number of fused-ring (bicyclic) bond motifs is 1.